The van der Waals surface area contributed by atoms with E-state index in [9.17, 15) is 26.3 Å². The van der Waals surface area contributed by atoms with Gasteiger partial charge in [0.1, 0.15) is 5.82 Å². The number of imidazole rings is 1. The molecule has 4 rings (SSSR count). The highest BCUT2D eigenvalue weighted by atomic mass is 79.9. The van der Waals surface area contributed by atoms with E-state index in [-0.39, 0.29) is 0 Å². The zero-order chi connectivity index (χ0) is 23.8. The summed E-state index contributed by atoms with van der Waals surface area (Å²) in [5.41, 5.74) is 0.699. The molecule has 0 saturated carbocycles. The average Bonchev–Trinajstić information content (AvgIpc) is 3.18. The highest BCUT2D eigenvalue weighted by Crippen LogP contribution is 2.32. The molecule has 0 spiro atoms. The molecule has 1 aromatic heterocycles. The lowest BCUT2D eigenvalue weighted by molar-refractivity contribution is -0.138. The predicted molar refractivity (Wildman–Crippen MR) is 116 cm³/mol. The highest BCUT2D eigenvalue weighted by molar-refractivity contribution is 9.10. The minimum absolute atomic E-state index is 0.370. The molecule has 0 radical (unpaired) electrons. The van der Waals surface area contributed by atoms with Gasteiger partial charge in [0.25, 0.3) is 0 Å². The summed E-state index contributed by atoms with van der Waals surface area (Å²) < 4.78 is 80.1. The van der Waals surface area contributed by atoms with E-state index in [1.54, 1.807) is 10.8 Å². The number of alkyl halides is 6. The molecule has 0 unspecified atom stereocenters. The molecule has 33 heavy (non-hydrogen) atoms. The fourth-order valence-electron chi connectivity index (χ4n) is 3.33. The zero-order valence-corrected chi connectivity index (χ0v) is 18.3. The third-order valence-electron chi connectivity index (χ3n) is 5.04. The van der Waals surface area contributed by atoms with Crippen LogP contribution in [-0.2, 0) is 18.8 Å². The molecule has 0 atom stereocenters. The molecule has 0 aliphatic carbocycles. The molecule has 0 bridgehead atoms. The maximum atomic E-state index is 13.0. The number of halogens is 7. The van der Waals surface area contributed by atoms with Gasteiger partial charge in [-0.1, -0.05) is 40.2 Å². The fraction of sp³-hybridized carbons (Fsp3) is 0.125. The van der Waals surface area contributed by atoms with Gasteiger partial charge in [-0.05, 0) is 54.1 Å². The lowest BCUT2D eigenvalue weighted by Gasteiger charge is -2.10. The van der Waals surface area contributed by atoms with Crippen molar-refractivity contribution in [3.8, 4) is 16.9 Å². The molecule has 170 valence electrons. The first-order valence-electron chi connectivity index (χ1n) is 9.69. The van der Waals surface area contributed by atoms with E-state index in [1.165, 1.54) is 24.3 Å². The van der Waals surface area contributed by atoms with Gasteiger partial charge in [-0.2, -0.15) is 26.3 Å². The Morgan fingerprint density at radius 1 is 0.697 bits per heavy atom. The largest absolute Gasteiger partial charge is 0.416 e. The summed E-state index contributed by atoms with van der Waals surface area (Å²) in [6.07, 6.45) is -6.93. The van der Waals surface area contributed by atoms with Crippen LogP contribution >= 0.6 is 15.9 Å². The van der Waals surface area contributed by atoms with Crippen LogP contribution in [0.2, 0.25) is 0 Å². The van der Waals surface area contributed by atoms with Gasteiger partial charge >= 0.3 is 12.4 Å². The summed E-state index contributed by atoms with van der Waals surface area (Å²) in [5, 5.41) is 0. The van der Waals surface area contributed by atoms with Crippen molar-refractivity contribution in [1.82, 2.24) is 9.55 Å². The molecule has 0 fully saturated rings. The first kappa shape index (κ1) is 23.1. The van der Waals surface area contributed by atoms with Crippen LogP contribution in [0.4, 0.5) is 26.3 Å². The van der Waals surface area contributed by atoms with Crippen molar-refractivity contribution in [3.63, 3.8) is 0 Å². The van der Waals surface area contributed by atoms with Crippen LogP contribution in [0.15, 0.2) is 83.5 Å². The van der Waals surface area contributed by atoms with E-state index < -0.39 is 23.5 Å². The molecular formula is C24H15BrF6N2. The van der Waals surface area contributed by atoms with Gasteiger partial charge in [-0.25, -0.2) is 4.98 Å². The van der Waals surface area contributed by atoms with Crippen LogP contribution in [0, 0.1) is 0 Å². The van der Waals surface area contributed by atoms with E-state index in [1.807, 2.05) is 24.3 Å². The number of hydrogen-bond acceptors (Lipinski definition) is 1. The van der Waals surface area contributed by atoms with Gasteiger partial charge in [0.2, 0.25) is 0 Å². The number of nitrogens with zero attached hydrogens (tertiary/aromatic N) is 2. The quantitative estimate of drug-likeness (QED) is 0.248. The van der Waals surface area contributed by atoms with Gasteiger partial charge in [-0.3, -0.25) is 0 Å². The summed E-state index contributed by atoms with van der Waals surface area (Å²) in [6.45, 7) is 0. The first-order chi connectivity index (χ1) is 15.5. The molecule has 0 aliphatic heterocycles. The minimum atomic E-state index is -4.46. The van der Waals surface area contributed by atoms with Gasteiger partial charge < -0.3 is 4.57 Å². The fourth-order valence-corrected chi connectivity index (χ4v) is 3.60. The molecule has 1 heterocycles. The van der Waals surface area contributed by atoms with Crippen LogP contribution < -0.4 is 0 Å². The summed E-state index contributed by atoms with van der Waals surface area (Å²) in [4.78, 5) is 4.59. The maximum Gasteiger partial charge on any atom is 0.416 e. The second-order valence-electron chi connectivity index (χ2n) is 7.34. The Balaban J connectivity index is 1.75. The average molecular weight is 525 g/mol. The van der Waals surface area contributed by atoms with Gasteiger partial charge in [0.05, 0.1) is 16.8 Å². The highest BCUT2D eigenvalue weighted by Gasteiger charge is 2.31. The second-order valence-corrected chi connectivity index (χ2v) is 8.25. The third kappa shape index (κ3) is 5.30. The van der Waals surface area contributed by atoms with Crippen LogP contribution in [-0.4, -0.2) is 9.55 Å². The zero-order valence-electron chi connectivity index (χ0n) is 16.8. The molecule has 9 heteroatoms. The van der Waals surface area contributed by atoms with E-state index in [0.29, 0.717) is 29.2 Å². The summed E-state index contributed by atoms with van der Waals surface area (Å²) in [5.74, 6) is 0.534. The maximum absolute atomic E-state index is 13.0. The summed E-state index contributed by atoms with van der Waals surface area (Å²) >= 11 is 3.37. The monoisotopic (exact) mass is 524 g/mol. The number of benzene rings is 3. The van der Waals surface area contributed by atoms with E-state index in [0.717, 1.165) is 34.3 Å². The van der Waals surface area contributed by atoms with Crippen molar-refractivity contribution < 1.29 is 26.3 Å². The van der Waals surface area contributed by atoms with Gasteiger partial charge in [0.15, 0.2) is 0 Å². The first-order valence-corrected chi connectivity index (χ1v) is 10.5. The Labute approximate surface area is 193 Å². The molecule has 2 nitrogen and oxygen atoms in total. The van der Waals surface area contributed by atoms with Crippen molar-refractivity contribution in [3.05, 3.63) is 106 Å². The molecule has 0 aliphatic rings. The van der Waals surface area contributed by atoms with Gasteiger partial charge in [0, 0.05) is 28.3 Å². The third-order valence-corrected chi connectivity index (χ3v) is 5.56. The molecular weight excluding hydrogens is 510 g/mol. The van der Waals surface area contributed by atoms with Crippen LogP contribution in [0.5, 0.6) is 0 Å². The smallest absolute Gasteiger partial charge is 0.303 e. The van der Waals surface area contributed by atoms with E-state index in [4.69, 9.17) is 0 Å². The predicted octanol–water partition coefficient (Wildman–Crippen LogP) is 7.93. The number of hydrogen-bond donors (Lipinski definition) is 0. The molecule has 4 aromatic rings. The summed E-state index contributed by atoms with van der Waals surface area (Å²) in [7, 11) is 0. The van der Waals surface area contributed by atoms with Gasteiger partial charge in [-0.15, -0.1) is 0 Å². The topological polar surface area (TPSA) is 17.8 Å². The molecule has 0 amide bonds. The van der Waals surface area contributed by atoms with Crippen LogP contribution in [0.25, 0.3) is 16.9 Å². The van der Waals surface area contributed by atoms with Crippen molar-refractivity contribution in [2.45, 2.75) is 18.8 Å². The molecule has 0 N–H and O–H groups in total. The van der Waals surface area contributed by atoms with Crippen molar-refractivity contribution in [2.75, 3.05) is 0 Å². The van der Waals surface area contributed by atoms with Crippen molar-refractivity contribution in [2.24, 2.45) is 0 Å². The lowest BCUT2D eigenvalue weighted by Crippen LogP contribution is -2.06. The second kappa shape index (κ2) is 8.70. The SMILES string of the molecule is FC(F)(F)c1ccc(-c2cn(-c3ccc(C(F)(F)F)cc3)c(Cc3ccc(Br)cc3)n2)cc1. The Kier molecular flexibility index (Phi) is 6.09. The van der Waals surface area contributed by atoms with Crippen molar-refractivity contribution >= 4 is 15.9 Å². The van der Waals surface area contributed by atoms with Crippen LogP contribution in [0.3, 0.4) is 0 Å². The van der Waals surface area contributed by atoms with Crippen LogP contribution in [0.1, 0.15) is 22.5 Å². The summed E-state index contributed by atoms with van der Waals surface area (Å²) in [6, 6.07) is 16.7. The molecule has 0 saturated heterocycles. The number of rotatable bonds is 4. The lowest BCUT2D eigenvalue weighted by atomic mass is 10.1. The standard InChI is InChI=1S/C24H15BrF6N2/c25-19-9-1-15(2-10-19)13-22-32-21(16-3-5-17(6-4-16)23(26,27)28)14-33(22)20-11-7-18(8-12-20)24(29,30)31/h1-12,14H,13H2. The minimum Gasteiger partial charge on any atom is -0.303 e. The van der Waals surface area contributed by atoms with E-state index >= 15 is 0 Å². The number of aromatic nitrogens is 2. The Hall–Kier alpha value is -3.07. The Bertz CT molecular complexity index is 1240. The van der Waals surface area contributed by atoms with E-state index in [2.05, 4.69) is 20.9 Å². The Morgan fingerprint density at radius 2 is 1.21 bits per heavy atom. The Morgan fingerprint density at radius 3 is 1.73 bits per heavy atom. The van der Waals surface area contributed by atoms with Crippen molar-refractivity contribution in [1.29, 1.82) is 0 Å². The molecule has 3 aromatic carbocycles. The normalized spacial score (nSPS) is 12.2.